The molecule has 3 heterocycles. The Hall–Kier alpha value is -1.32. The summed E-state index contributed by atoms with van der Waals surface area (Å²) in [5.74, 6) is 0.563. The van der Waals surface area contributed by atoms with Crippen LogP contribution < -0.4 is 5.32 Å². The lowest BCUT2D eigenvalue weighted by Gasteiger charge is -2.36. The van der Waals surface area contributed by atoms with E-state index in [1.165, 1.54) is 21.7 Å². The first-order valence-corrected chi connectivity index (χ1v) is 7.73. The highest BCUT2D eigenvalue weighted by Gasteiger charge is 2.41. The van der Waals surface area contributed by atoms with E-state index in [1.54, 1.807) is 0 Å². The zero-order valence-electron chi connectivity index (χ0n) is 10.9. The first-order chi connectivity index (χ1) is 9.33. The molecule has 98 valence electrons. The van der Waals surface area contributed by atoms with Crippen LogP contribution in [-0.2, 0) is 4.74 Å². The summed E-state index contributed by atoms with van der Waals surface area (Å²) in [5, 5.41) is 5.89. The highest BCUT2D eigenvalue weighted by Crippen LogP contribution is 2.50. The number of anilines is 1. The first kappa shape index (κ1) is 11.5. The van der Waals surface area contributed by atoms with Gasteiger partial charge in [-0.1, -0.05) is 23.8 Å². The van der Waals surface area contributed by atoms with Crippen LogP contribution in [0, 0.1) is 12.8 Å². The Balaban J connectivity index is 1.80. The fraction of sp³-hybridized carbons (Fsp3) is 0.375. The molecule has 2 aromatic rings. The molecule has 0 radical (unpaired) electrons. The molecule has 19 heavy (non-hydrogen) atoms. The largest absolute Gasteiger partial charge is 0.377 e. The Kier molecular flexibility index (Phi) is 2.64. The standard InChI is InChI=1S/C16H17NOS/c1-10-4-5-13-12(9-10)16-11(6-7-18-16)15(17-13)14-3-2-8-19-14/h2-5,8-9,11,15-17H,6-7H2,1H3/t11-,15-,16-/m1/s1. The summed E-state index contributed by atoms with van der Waals surface area (Å²) in [6.45, 7) is 3.03. The van der Waals surface area contributed by atoms with E-state index in [1.807, 2.05) is 11.3 Å². The Morgan fingerprint density at radius 2 is 2.26 bits per heavy atom. The van der Waals surface area contributed by atoms with Crippen molar-refractivity contribution < 1.29 is 4.74 Å². The van der Waals surface area contributed by atoms with E-state index in [0.717, 1.165) is 13.0 Å². The Labute approximate surface area is 117 Å². The van der Waals surface area contributed by atoms with Gasteiger partial charge in [0.25, 0.3) is 0 Å². The number of fused-ring (bicyclic) bond motifs is 3. The van der Waals surface area contributed by atoms with E-state index >= 15 is 0 Å². The number of hydrogen-bond acceptors (Lipinski definition) is 3. The van der Waals surface area contributed by atoms with Crippen LogP contribution >= 0.6 is 11.3 Å². The second-order valence-corrected chi connectivity index (χ2v) is 6.45. The van der Waals surface area contributed by atoms with Gasteiger partial charge in [0.05, 0.1) is 12.1 Å². The monoisotopic (exact) mass is 271 g/mol. The van der Waals surface area contributed by atoms with E-state index in [4.69, 9.17) is 4.74 Å². The molecular formula is C16H17NOS. The molecule has 2 aliphatic rings. The van der Waals surface area contributed by atoms with Gasteiger partial charge in [-0.25, -0.2) is 0 Å². The van der Waals surface area contributed by atoms with E-state index < -0.39 is 0 Å². The minimum absolute atomic E-state index is 0.267. The molecule has 2 nitrogen and oxygen atoms in total. The van der Waals surface area contributed by atoms with Crippen LogP contribution in [0.2, 0.25) is 0 Å². The molecule has 0 amide bonds. The summed E-state index contributed by atoms with van der Waals surface area (Å²) in [6.07, 6.45) is 1.41. The zero-order chi connectivity index (χ0) is 12.8. The third kappa shape index (κ3) is 1.80. The van der Waals surface area contributed by atoms with Crippen molar-refractivity contribution in [2.45, 2.75) is 25.5 Å². The average molecular weight is 271 g/mol. The molecular weight excluding hydrogens is 254 g/mol. The number of rotatable bonds is 1. The number of thiophene rings is 1. The highest BCUT2D eigenvalue weighted by molar-refractivity contribution is 7.10. The van der Waals surface area contributed by atoms with Crippen LogP contribution in [0.4, 0.5) is 5.69 Å². The van der Waals surface area contributed by atoms with Crippen molar-refractivity contribution >= 4 is 17.0 Å². The van der Waals surface area contributed by atoms with Gasteiger partial charge in [0.1, 0.15) is 0 Å². The lowest BCUT2D eigenvalue weighted by Crippen LogP contribution is -2.28. The van der Waals surface area contributed by atoms with E-state index in [-0.39, 0.29) is 6.10 Å². The molecule has 1 N–H and O–H groups in total. The lowest BCUT2D eigenvalue weighted by atomic mass is 9.83. The maximum atomic E-state index is 6.03. The third-order valence-corrected chi connectivity index (χ3v) is 5.20. The van der Waals surface area contributed by atoms with Gasteiger partial charge in [-0.3, -0.25) is 0 Å². The molecule has 1 fully saturated rings. The van der Waals surface area contributed by atoms with Crippen LogP contribution in [0.5, 0.6) is 0 Å². The fourth-order valence-electron chi connectivity index (χ4n) is 3.34. The number of ether oxygens (including phenoxy) is 1. The Bertz CT molecular complexity index is 593. The van der Waals surface area contributed by atoms with Crippen LogP contribution in [-0.4, -0.2) is 6.61 Å². The molecule has 0 aliphatic carbocycles. The second kappa shape index (κ2) is 4.36. The van der Waals surface area contributed by atoms with Gasteiger partial charge in [-0.05, 0) is 30.9 Å². The highest BCUT2D eigenvalue weighted by atomic mass is 32.1. The zero-order valence-corrected chi connectivity index (χ0v) is 11.7. The molecule has 0 bridgehead atoms. The second-order valence-electron chi connectivity index (χ2n) is 5.47. The Morgan fingerprint density at radius 3 is 3.11 bits per heavy atom. The number of aryl methyl sites for hydroxylation is 1. The summed E-state index contributed by atoms with van der Waals surface area (Å²) < 4.78 is 6.03. The van der Waals surface area contributed by atoms with Gasteiger partial charge in [-0.15, -0.1) is 11.3 Å². The van der Waals surface area contributed by atoms with Gasteiger partial charge in [0.2, 0.25) is 0 Å². The summed E-state index contributed by atoms with van der Waals surface area (Å²) in [4.78, 5) is 1.42. The molecule has 4 rings (SSSR count). The number of benzene rings is 1. The molecule has 1 saturated heterocycles. The molecule has 3 atom stereocenters. The SMILES string of the molecule is Cc1ccc2c(c1)[C@@H]1OCC[C@@H]1[C@H](c1cccs1)N2. The average Bonchev–Trinajstić information content (AvgIpc) is 3.09. The van der Waals surface area contributed by atoms with E-state index in [2.05, 4.69) is 48.0 Å². The molecule has 1 aromatic heterocycles. The minimum atomic E-state index is 0.267. The fourth-order valence-corrected chi connectivity index (χ4v) is 4.19. The van der Waals surface area contributed by atoms with Crippen molar-refractivity contribution in [2.24, 2.45) is 5.92 Å². The van der Waals surface area contributed by atoms with E-state index in [0.29, 0.717) is 12.0 Å². The number of hydrogen-bond donors (Lipinski definition) is 1. The van der Waals surface area contributed by atoms with Crippen LogP contribution in [0.1, 0.15) is 34.6 Å². The van der Waals surface area contributed by atoms with E-state index in [9.17, 15) is 0 Å². The molecule has 0 saturated carbocycles. The van der Waals surface area contributed by atoms with Crippen LogP contribution in [0.15, 0.2) is 35.7 Å². The minimum Gasteiger partial charge on any atom is -0.377 e. The van der Waals surface area contributed by atoms with Crippen LogP contribution in [0.25, 0.3) is 0 Å². The maximum absolute atomic E-state index is 6.03. The van der Waals surface area contributed by atoms with Crippen molar-refractivity contribution in [3.8, 4) is 0 Å². The first-order valence-electron chi connectivity index (χ1n) is 6.85. The van der Waals surface area contributed by atoms with Gasteiger partial charge in [0.15, 0.2) is 0 Å². The van der Waals surface area contributed by atoms with Gasteiger partial charge in [-0.2, -0.15) is 0 Å². The summed E-state index contributed by atoms with van der Waals surface area (Å²) in [7, 11) is 0. The lowest BCUT2D eigenvalue weighted by molar-refractivity contribution is 0.0832. The summed E-state index contributed by atoms with van der Waals surface area (Å²) in [5.41, 5.74) is 3.90. The topological polar surface area (TPSA) is 21.3 Å². The predicted octanol–water partition coefficient (Wildman–Crippen LogP) is 4.30. The summed E-state index contributed by atoms with van der Waals surface area (Å²) in [6, 6.07) is 11.4. The van der Waals surface area contributed by atoms with Crippen molar-refractivity contribution in [3.63, 3.8) is 0 Å². The molecule has 1 aromatic carbocycles. The Morgan fingerprint density at radius 1 is 1.32 bits per heavy atom. The molecule has 0 unspecified atom stereocenters. The van der Waals surface area contributed by atoms with Crippen molar-refractivity contribution in [1.29, 1.82) is 0 Å². The summed E-state index contributed by atoms with van der Waals surface area (Å²) >= 11 is 1.84. The van der Waals surface area contributed by atoms with Crippen LogP contribution in [0.3, 0.4) is 0 Å². The van der Waals surface area contributed by atoms with Gasteiger partial charge >= 0.3 is 0 Å². The molecule has 0 spiro atoms. The molecule has 3 heteroatoms. The van der Waals surface area contributed by atoms with Gasteiger partial charge < -0.3 is 10.1 Å². The quantitative estimate of drug-likeness (QED) is 0.835. The smallest absolute Gasteiger partial charge is 0.0897 e. The predicted molar refractivity (Wildman–Crippen MR) is 78.7 cm³/mol. The van der Waals surface area contributed by atoms with Gasteiger partial charge in [0, 0.05) is 28.7 Å². The van der Waals surface area contributed by atoms with Crippen molar-refractivity contribution in [3.05, 3.63) is 51.7 Å². The third-order valence-electron chi connectivity index (χ3n) is 4.24. The maximum Gasteiger partial charge on any atom is 0.0897 e. The van der Waals surface area contributed by atoms with Crippen molar-refractivity contribution in [2.75, 3.05) is 11.9 Å². The molecule has 2 aliphatic heterocycles. The van der Waals surface area contributed by atoms with Crippen molar-refractivity contribution in [1.82, 2.24) is 0 Å². The normalized spacial score (nSPS) is 28.6. The number of nitrogens with one attached hydrogen (secondary N) is 1.